The van der Waals surface area contributed by atoms with Crippen molar-refractivity contribution in [3.63, 3.8) is 0 Å². The van der Waals surface area contributed by atoms with Gasteiger partial charge >= 0.3 is 0 Å². The summed E-state index contributed by atoms with van der Waals surface area (Å²) < 4.78 is 0. The van der Waals surface area contributed by atoms with Crippen LogP contribution < -0.4 is 0 Å². The zero-order valence-electron chi connectivity index (χ0n) is 9.63. The quantitative estimate of drug-likeness (QED) is 0.744. The zero-order chi connectivity index (χ0) is 10.9. The molecule has 0 radical (unpaired) electrons. The second-order valence-corrected chi connectivity index (χ2v) is 4.98. The van der Waals surface area contributed by atoms with E-state index in [-0.39, 0.29) is 5.41 Å². The van der Waals surface area contributed by atoms with Gasteiger partial charge in [-0.3, -0.25) is 4.98 Å². The predicted octanol–water partition coefficient (Wildman–Crippen LogP) is 2.78. The van der Waals surface area contributed by atoms with Crippen LogP contribution in [-0.4, -0.2) is 10.1 Å². The molecule has 1 atom stereocenters. The van der Waals surface area contributed by atoms with Gasteiger partial charge in [0.15, 0.2) is 0 Å². The first-order chi connectivity index (χ1) is 6.32. The summed E-state index contributed by atoms with van der Waals surface area (Å²) in [4.78, 5) is 4.29. The highest BCUT2D eigenvalue weighted by Gasteiger charge is 2.26. The topological polar surface area (TPSA) is 33.1 Å². The second kappa shape index (κ2) is 3.70. The maximum atomic E-state index is 10.1. The molecule has 1 rings (SSSR count). The maximum Gasteiger partial charge on any atom is 0.101 e. The lowest BCUT2D eigenvalue weighted by Crippen LogP contribution is -2.20. The van der Waals surface area contributed by atoms with Crippen LogP contribution >= 0.6 is 0 Å². The first kappa shape index (κ1) is 11.2. The Bertz CT molecular complexity index is 326. The van der Waals surface area contributed by atoms with Crippen LogP contribution in [0.3, 0.4) is 0 Å². The average molecular weight is 193 g/mol. The molecule has 0 aliphatic carbocycles. The van der Waals surface area contributed by atoms with Gasteiger partial charge in [-0.1, -0.05) is 26.8 Å². The van der Waals surface area contributed by atoms with Crippen LogP contribution in [0, 0.1) is 19.3 Å². The Morgan fingerprint density at radius 3 is 2.29 bits per heavy atom. The number of hydrogen-bond donors (Lipinski definition) is 1. The molecule has 1 aromatic heterocycles. The standard InChI is InChI=1S/C12H19NO/c1-8-6-9(2)10(13-7-8)11(14)12(3,4)5/h6-7,11,14H,1-5H3. The van der Waals surface area contributed by atoms with E-state index in [9.17, 15) is 5.11 Å². The Labute approximate surface area is 86.0 Å². The summed E-state index contributed by atoms with van der Waals surface area (Å²) in [6, 6.07) is 2.05. The third-order valence-electron chi connectivity index (χ3n) is 2.33. The van der Waals surface area contributed by atoms with Crippen LogP contribution in [0.1, 0.15) is 43.7 Å². The SMILES string of the molecule is Cc1cnc(C(O)C(C)(C)C)c(C)c1. The van der Waals surface area contributed by atoms with Crippen molar-refractivity contribution in [1.82, 2.24) is 4.98 Å². The van der Waals surface area contributed by atoms with Crippen molar-refractivity contribution >= 4 is 0 Å². The van der Waals surface area contributed by atoms with E-state index in [1.165, 1.54) is 0 Å². The Kier molecular flexibility index (Phi) is 2.95. The molecule has 0 spiro atoms. The van der Waals surface area contributed by atoms with Crippen molar-refractivity contribution in [2.75, 3.05) is 0 Å². The van der Waals surface area contributed by atoms with Gasteiger partial charge in [0.05, 0.1) is 5.69 Å². The normalized spacial score (nSPS) is 14.1. The lowest BCUT2D eigenvalue weighted by Gasteiger charge is -2.26. The van der Waals surface area contributed by atoms with Crippen molar-refractivity contribution in [3.05, 3.63) is 29.1 Å². The summed E-state index contributed by atoms with van der Waals surface area (Å²) in [5.74, 6) is 0. The number of pyridine rings is 1. The molecule has 0 fully saturated rings. The van der Waals surface area contributed by atoms with Crippen LogP contribution in [-0.2, 0) is 0 Å². The summed E-state index contributed by atoms with van der Waals surface area (Å²) in [5.41, 5.74) is 2.83. The summed E-state index contributed by atoms with van der Waals surface area (Å²) in [5, 5.41) is 10.1. The molecule has 0 aromatic carbocycles. The second-order valence-electron chi connectivity index (χ2n) is 4.98. The minimum atomic E-state index is -0.497. The highest BCUT2D eigenvalue weighted by molar-refractivity contribution is 5.25. The molecule has 0 saturated heterocycles. The number of rotatable bonds is 1. The van der Waals surface area contributed by atoms with E-state index in [0.717, 1.165) is 16.8 Å². The van der Waals surface area contributed by atoms with E-state index in [2.05, 4.69) is 11.1 Å². The summed E-state index contributed by atoms with van der Waals surface area (Å²) >= 11 is 0. The number of aliphatic hydroxyl groups is 1. The number of hydrogen-bond acceptors (Lipinski definition) is 2. The monoisotopic (exact) mass is 193 g/mol. The summed E-state index contributed by atoms with van der Waals surface area (Å²) in [7, 11) is 0. The van der Waals surface area contributed by atoms with Crippen LogP contribution in [0.2, 0.25) is 0 Å². The van der Waals surface area contributed by atoms with Gasteiger partial charge in [-0.2, -0.15) is 0 Å². The fourth-order valence-electron chi connectivity index (χ4n) is 1.42. The lowest BCUT2D eigenvalue weighted by atomic mass is 9.85. The average Bonchev–Trinajstić information content (AvgIpc) is 2.01. The van der Waals surface area contributed by atoms with Crippen LogP contribution in [0.5, 0.6) is 0 Å². The van der Waals surface area contributed by atoms with Crippen LogP contribution in [0.4, 0.5) is 0 Å². The van der Waals surface area contributed by atoms with Gasteiger partial charge in [-0.05, 0) is 30.4 Å². The Morgan fingerprint density at radius 2 is 1.86 bits per heavy atom. The third-order valence-corrected chi connectivity index (χ3v) is 2.33. The van der Waals surface area contributed by atoms with Crippen molar-refractivity contribution < 1.29 is 5.11 Å². The molecule has 14 heavy (non-hydrogen) atoms. The van der Waals surface area contributed by atoms with Crippen molar-refractivity contribution in [1.29, 1.82) is 0 Å². The van der Waals surface area contributed by atoms with Gasteiger partial charge in [0.25, 0.3) is 0 Å². The Hall–Kier alpha value is -0.890. The Balaban J connectivity index is 3.08. The summed E-state index contributed by atoms with van der Waals surface area (Å²) in [6.07, 6.45) is 1.31. The van der Waals surface area contributed by atoms with E-state index in [0.29, 0.717) is 0 Å². The van der Waals surface area contributed by atoms with Crippen molar-refractivity contribution in [3.8, 4) is 0 Å². The molecule has 1 unspecified atom stereocenters. The van der Waals surface area contributed by atoms with Gasteiger partial charge in [0.2, 0.25) is 0 Å². The predicted molar refractivity (Wildman–Crippen MR) is 58.1 cm³/mol. The van der Waals surface area contributed by atoms with Gasteiger partial charge in [-0.15, -0.1) is 0 Å². The van der Waals surface area contributed by atoms with E-state index in [1.54, 1.807) is 6.20 Å². The molecule has 2 heteroatoms. The number of aryl methyl sites for hydroxylation is 2. The summed E-state index contributed by atoms with van der Waals surface area (Å²) in [6.45, 7) is 10.0. The third kappa shape index (κ3) is 2.32. The number of nitrogens with zero attached hydrogens (tertiary/aromatic N) is 1. The molecule has 0 amide bonds. The van der Waals surface area contributed by atoms with Gasteiger partial charge in [0, 0.05) is 6.20 Å². The minimum absolute atomic E-state index is 0.160. The van der Waals surface area contributed by atoms with Crippen LogP contribution in [0.15, 0.2) is 12.3 Å². The molecule has 0 aliphatic rings. The van der Waals surface area contributed by atoms with Crippen molar-refractivity contribution in [2.24, 2.45) is 5.41 Å². The lowest BCUT2D eigenvalue weighted by molar-refractivity contribution is 0.0583. The number of aromatic nitrogens is 1. The minimum Gasteiger partial charge on any atom is -0.386 e. The maximum absolute atomic E-state index is 10.1. The molecule has 2 nitrogen and oxygen atoms in total. The molecule has 0 bridgehead atoms. The molecular formula is C12H19NO. The smallest absolute Gasteiger partial charge is 0.101 e. The van der Waals surface area contributed by atoms with E-state index in [1.807, 2.05) is 34.6 Å². The molecule has 1 aromatic rings. The zero-order valence-corrected chi connectivity index (χ0v) is 9.63. The van der Waals surface area contributed by atoms with E-state index >= 15 is 0 Å². The van der Waals surface area contributed by atoms with Gasteiger partial charge in [0.1, 0.15) is 6.10 Å². The number of aliphatic hydroxyl groups excluding tert-OH is 1. The van der Waals surface area contributed by atoms with Crippen LogP contribution in [0.25, 0.3) is 0 Å². The molecule has 0 saturated carbocycles. The molecule has 0 aliphatic heterocycles. The highest BCUT2D eigenvalue weighted by atomic mass is 16.3. The fourth-order valence-corrected chi connectivity index (χ4v) is 1.42. The van der Waals surface area contributed by atoms with E-state index < -0.39 is 6.10 Å². The van der Waals surface area contributed by atoms with Gasteiger partial charge in [-0.25, -0.2) is 0 Å². The fraction of sp³-hybridized carbons (Fsp3) is 0.583. The molecule has 1 N–H and O–H groups in total. The molecular weight excluding hydrogens is 174 g/mol. The highest BCUT2D eigenvalue weighted by Crippen LogP contribution is 2.32. The van der Waals surface area contributed by atoms with Gasteiger partial charge < -0.3 is 5.11 Å². The molecule has 78 valence electrons. The largest absolute Gasteiger partial charge is 0.386 e. The first-order valence-corrected chi connectivity index (χ1v) is 4.93. The Morgan fingerprint density at radius 1 is 1.29 bits per heavy atom. The first-order valence-electron chi connectivity index (χ1n) is 4.93. The van der Waals surface area contributed by atoms with Crippen molar-refractivity contribution in [2.45, 2.75) is 40.7 Å². The van der Waals surface area contributed by atoms with E-state index in [4.69, 9.17) is 0 Å². The molecule has 1 heterocycles.